The van der Waals surface area contributed by atoms with E-state index in [9.17, 15) is 4.79 Å². The van der Waals surface area contributed by atoms with Gasteiger partial charge in [-0.05, 0) is 50.1 Å². The Kier molecular flexibility index (Phi) is 6.55. The average Bonchev–Trinajstić information content (AvgIpc) is 2.61. The fourth-order valence-corrected chi connectivity index (χ4v) is 2.10. The summed E-state index contributed by atoms with van der Waals surface area (Å²) < 4.78 is 5.59. The molecule has 0 aliphatic rings. The number of amides is 1. The van der Waals surface area contributed by atoms with E-state index in [1.54, 1.807) is 24.3 Å². The van der Waals surface area contributed by atoms with Crippen LogP contribution in [0.25, 0.3) is 0 Å². The monoisotopic (exact) mass is 324 g/mol. The molecular weight excluding hydrogens is 300 g/mol. The number of unbranched alkanes of at least 4 members (excludes halogenated alkanes) is 1. The van der Waals surface area contributed by atoms with Gasteiger partial charge in [0.25, 0.3) is 5.91 Å². The zero-order valence-electron chi connectivity index (χ0n) is 14.5. The average molecular weight is 324 g/mol. The van der Waals surface area contributed by atoms with Gasteiger partial charge < -0.3 is 4.74 Å². The van der Waals surface area contributed by atoms with Crippen LogP contribution in [0.2, 0.25) is 0 Å². The number of hydrogen-bond donors (Lipinski definition) is 1. The summed E-state index contributed by atoms with van der Waals surface area (Å²) in [5, 5.41) is 4.17. The third-order valence-corrected chi connectivity index (χ3v) is 3.68. The van der Waals surface area contributed by atoms with Crippen molar-refractivity contribution in [2.24, 2.45) is 5.10 Å². The molecule has 0 saturated heterocycles. The summed E-state index contributed by atoms with van der Waals surface area (Å²) in [5.41, 5.74) is 6.09. The summed E-state index contributed by atoms with van der Waals surface area (Å²) in [6, 6.07) is 15.1. The first-order chi connectivity index (χ1) is 11.6. The van der Waals surface area contributed by atoms with Crippen LogP contribution < -0.4 is 10.2 Å². The van der Waals surface area contributed by atoms with E-state index in [0.29, 0.717) is 12.2 Å². The van der Waals surface area contributed by atoms with Crippen molar-refractivity contribution in [2.75, 3.05) is 6.61 Å². The Morgan fingerprint density at radius 3 is 2.29 bits per heavy atom. The highest BCUT2D eigenvalue weighted by atomic mass is 16.5. The second-order valence-corrected chi connectivity index (χ2v) is 5.73. The molecule has 2 aromatic rings. The number of nitrogens with zero attached hydrogens (tertiary/aromatic N) is 1. The fraction of sp³-hybridized carbons (Fsp3) is 0.300. The summed E-state index contributed by atoms with van der Waals surface area (Å²) >= 11 is 0. The van der Waals surface area contributed by atoms with Crippen molar-refractivity contribution in [3.8, 4) is 5.75 Å². The summed E-state index contributed by atoms with van der Waals surface area (Å²) in [6.45, 7) is 6.72. The topological polar surface area (TPSA) is 50.7 Å². The molecule has 0 spiro atoms. The van der Waals surface area contributed by atoms with Crippen LogP contribution in [0.5, 0.6) is 5.75 Å². The lowest BCUT2D eigenvalue weighted by Crippen LogP contribution is -2.19. The molecule has 4 heteroatoms. The molecule has 0 radical (unpaired) electrons. The third kappa shape index (κ3) is 5.23. The molecular formula is C20H24N2O2. The number of benzene rings is 2. The first-order valence-electron chi connectivity index (χ1n) is 8.24. The number of nitrogens with one attached hydrogen (secondary N) is 1. The summed E-state index contributed by atoms with van der Waals surface area (Å²) in [4.78, 5) is 12.1. The number of hydrazone groups is 1. The normalized spacial score (nSPS) is 11.2. The van der Waals surface area contributed by atoms with Crippen LogP contribution >= 0.6 is 0 Å². The molecule has 0 aliphatic heterocycles. The molecule has 2 rings (SSSR count). The smallest absolute Gasteiger partial charge is 0.271 e. The first kappa shape index (κ1) is 17.7. The summed E-state index contributed by atoms with van der Waals surface area (Å²) in [7, 11) is 0. The fourth-order valence-electron chi connectivity index (χ4n) is 2.10. The van der Waals surface area contributed by atoms with Gasteiger partial charge in [0, 0.05) is 5.56 Å². The Hall–Kier alpha value is -2.62. The van der Waals surface area contributed by atoms with E-state index in [0.717, 1.165) is 29.9 Å². The summed E-state index contributed by atoms with van der Waals surface area (Å²) in [5.74, 6) is 0.543. The van der Waals surface area contributed by atoms with E-state index >= 15 is 0 Å². The standard InChI is InChI=1S/C20H24N2O2/c1-4-5-14-24-19-12-10-18(11-13-19)20(23)22-21-16(3)17-8-6-15(2)7-9-17/h6-13H,4-5,14H2,1-3H3,(H,22,23)/b21-16+. The Balaban J connectivity index is 1.94. The van der Waals surface area contributed by atoms with E-state index in [-0.39, 0.29) is 5.91 Å². The first-order valence-corrected chi connectivity index (χ1v) is 8.24. The predicted octanol–water partition coefficient (Wildman–Crippen LogP) is 4.33. The maximum atomic E-state index is 12.1. The van der Waals surface area contributed by atoms with Crippen molar-refractivity contribution in [2.45, 2.75) is 33.6 Å². The number of aryl methyl sites for hydroxylation is 1. The minimum atomic E-state index is -0.235. The van der Waals surface area contributed by atoms with Gasteiger partial charge in [0.15, 0.2) is 0 Å². The zero-order valence-corrected chi connectivity index (χ0v) is 14.5. The van der Waals surface area contributed by atoms with Crippen molar-refractivity contribution in [1.82, 2.24) is 5.43 Å². The Labute approximate surface area is 143 Å². The van der Waals surface area contributed by atoms with Crippen LogP contribution in [0.3, 0.4) is 0 Å². The molecule has 4 nitrogen and oxygen atoms in total. The molecule has 0 aromatic heterocycles. The molecule has 126 valence electrons. The van der Waals surface area contributed by atoms with Gasteiger partial charge >= 0.3 is 0 Å². The number of rotatable bonds is 7. The van der Waals surface area contributed by atoms with E-state index in [1.807, 2.05) is 38.1 Å². The number of carbonyl (C=O) groups excluding carboxylic acids is 1. The van der Waals surface area contributed by atoms with E-state index < -0.39 is 0 Å². The van der Waals surface area contributed by atoms with Crippen molar-refractivity contribution in [3.63, 3.8) is 0 Å². The highest BCUT2D eigenvalue weighted by molar-refractivity contribution is 6.00. The SMILES string of the molecule is CCCCOc1ccc(C(=O)N/N=C(\C)c2ccc(C)cc2)cc1. The lowest BCUT2D eigenvalue weighted by atomic mass is 10.1. The molecule has 0 bridgehead atoms. The predicted molar refractivity (Wildman–Crippen MR) is 97.7 cm³/mol. The third-order valence-electron chi connectivity index (χ3n) is 3.68. The lowest BCUT2D eigenvalue weighted by Gasteiger charge is -2.06. The Morgan fingerprint density at radius 1 is 1.04 bits per heavy atom. The second-order valence-electron chi connectivity index (χ2n) is 5.73. The van der Waals surface area contributed by atoms with Crippen molar-refractivity contribution >= 4 is 11.6 Å². The van der Waals surface area contributed by atoms with E-state index in [4.69, 9.17) is 4.74 Å². The van der Waals surface area contributed by atoms with Gasteiger partial charge in [-0.3, -0.25) is 4.79 Å². The molecule has 0 aliphatic carbocycles. The van der Waals surface area contributed by atoms with Gasteiger partial charge in [0.05, 0.1) is 12.3 Å². The largest absolute Gasteiger partial charge is 0.494 e. The van der Waals surface area contributed by atoms with Crippen molar-refractivity contribution < 1.29 is 9.53 Å². The van der Waals surface area contributed by atoms with Gasteiger partial charge in [-0.1, -0.05) is 43.2 Å². The van der Waals surface area contributed by atoms with E-state index in [2.05, 4.69) is 17.5 Å². The Morgan fingerprint density at radius 2 is 1.67 bits per heavy atom. The van der Waals surface area contributed by atoms with Crippen LogP contribution in [-0.2, 0) is 0 Å². The number of carbonyl (C=O) groups is 1. The number of ether oxygens (including phenoxy) is 1. The van der Waals surface area contributed by atoms with Gasteiger partial charge in [0.2, 0.25) is 0 Å². The van der Waals surface area contributed by atoms with Crippen molar-refractivity contribution in [1.29, 1.82) is 0 Å². The molecule has 2 aromatic carbocycles. The van der Waals surface area contributed by atoms with Crippen LogP contribution in [-0.4, -0.2) is 18.2 Å². The van der Waals surface area contributed by atoms with E-state index in [1.165, 1.54) is 5.56 Å². The van der Waals surface area contributed by atoms with Crippen LogP contribution in [0.15, 0.2) is 53.6 Å². The van der Waals surface area contributed by atoms with Crippen LogP contribution in [0.4, 0.5) is 0 Å². The quantitative estimate of drug-likeness (QED) is 0.468. The summed E-state index contributed by atoms with van der Waals surface area (Å²) in [6.07, 6.45) is 2.12. The van der Waals surface area contributed by atoms with Crippen LogP contribution in [0.1, 0.15) is 48.2 Å². The highest BCUT2D eigenvalue weighted by Gasteiger charge is 2.05. The Bertz CT molecular complexity index is 689. The van der Waals surface area contributed by atoms with Gasteiger partial charge in [-0.2, -0.15) is 5.10 Å². The molecule has 1 N–H and O–H groups in total. The molecule has 24 heavy (non-hydrogen) atoms. The minimum absolute atomic E-state index is 0.235. The molecule has 1 amide bonds. The molecule has 0 saturated carbocycles. The van der Waals surface area contributed by atoms with Gasteiger partial charge in [-0.25, -0.2) is 5.43 Å². The van der Waals surface area contributed by atoms with Gasteiger partial charge in [0.1, 0.15) is 5.75 Å². The second kappa shape index (κ2) is 8.87. The molecule has 0 atom stereocenters. The minimum Gasteiger partial charge on any atom is -0.494 e. The highest BCUT2D eigenvalue weighted by Crippen LogP contribution is 2.13. The number of hydrogen-bond acceptors (Lipinski definition) is 3. The van der Waals surface area contributed by atoms with Crippen LogP contribution in [0, 0.1) is 6.92 Å². The zero-order chi connectivity index (χ0) is 17.4. The maximum absolute atomic E-state index is 12.1. The van der Waals surface area contributed by atoms with Gasteiger partial charge in [-0.15, -0.1) is 0 Å². The molecule has 0 heterocycles. The lowest BCUT2D eigenvalue weighted by molar-refractivity contribution is 0.0955. The van der Waals surface area contributed by atoms with Crippen molar-refractivity contribution in [3.05, 3.63) is 65.2 Å². The molecule has 0 fully saturated rings. The maximum Gasteiger partial charge on any atom is 0.271 e. The molecule has 0 unspecified atom stereocenters.